The standard InChI is InChI=1S/C16H26N2O3S/c1-6-7-11-17(4)16(19)14-9-8-10-15(12-14)22(20,21)18(5)13(2)3/h8-10,12-13H,6-7,11H2,1-5H3. The lowest BCUT2D eigenvalue weighted by molar-refractivity contribution is 0.0793. The predicted molar refractivity (Wildman–Crippen MR) is 88.4 cm³/mol. The molecule has 0 atom stereocenters. The average Bonchev–Trinajstić information content (AvgIpc) is 2.50. The molecule has 0 N–H and O–H groups in total. The monoisotopic (exact) mass is 326 g/mol. The Morgan fingerprint density at radius 3 is 2.41 bits per heavy atom. The van der Waals surface area contributed by atoms with Crippen LogP contribution in [0.5, 0.6) is 0 Å². The molecule has 0 heterocycles. The van der Waals surface area contributed by atoms with Crippen LogP contribution in [0.1, 0.15) is 44.0 Å². The van der Waals surface area contributed by atoms with Gasteiger partial charge in [0.05, 0.1) is 4.90 Å². The van der Waals surface area contributed by atoms with Crippen molar-refractivity contribution >= 4 is 15.9 Å². The third kappa shape index (κ3) is 4.30. The number of benzene rings is 1. The van der Waals surface area contributed by atoms with Crippen LogP contribution in [0.15, 0.2) is 29.2 Å². The van der Waals surface area contributed by atoms with Crippen molar-refractivity contribution in [3.63, 3.8) is 0 Å². The van der Waals surface area contributed by atoms with Crippen LogP contribution >= 0.6 is 0 Å². The number of unbranched alkanes of at least 4 members (excludes halogenated alkanes) is 1. The van der Waals surface area contributed by atoms with Crippen molar-refractivity contribution in [3.05, 3.63) is 29.8 Å². The second-order valence-electron chi connectivity index (χ2n) is 5.72. The molecule has 0 aliphatic carbocycles. The maximum Gasteiger partial charge on any atom is 0.253 e. The molecule has 1 aromatic carbocycles. The van der Waals surface area contributed by atoms with Crippen LogP contribution < -0.4 is 0 Å². The molecule has 1 amide bonds. The normalized spacial score (nSPS) is 12.0. The van der Waals surface area contributed by atoms with E-state index in [1.54, 1.807) is 31.1 Å². The minimum Gasteiger partial charge on any atom is -0.342 e. The number of carbonyl (C=O) groups is 1. The summed E-state index contributed by atoms with van der Waals surface area (Å²) in [6, 6.07) is 6.11. The summed E-state index contributed by atoms with van der Waals surface area (Å²) in [5.74, 6) is -0.155. The summed E-state index contributed by atoms with van der Waals surface area (Å²) < 4.78 is 26.3. The predicted octanol–water partition coefficient (Wildman–Crippen LogP) is 2.59. The third-order valence-electron chi connectivity index (χ3n) is 3.68. The molecule has 0 saturated heterocycles. The summed E-state index contributed by atoms with van der Waals surface area (Å²) in [7, 11) is -0.295. The molecule has 1 rings (SSSR count). The number of nitrogens with zero attached hydrogens (tertiary/aromatic N) is 2. The van der Waals surface area contributed by atoms with Crippen LogP contribution in [0.4, 0.5) is 0 Å². The molecule has 5 nitrogen and oxygen atoms in total. The maximum atomic E-state index is 12.5. The van der Waals surface area contributed by atoms with Gasteiger partial charge in [-0.1, -0.05) is 19.4 Å². The number of sulfonamides is 1. The minimum absolute atomic E-state index is 0.142. The fourth-order valence-electron chi connectivity index (χ4n) is 1.95. The van der Waals surface area contributed by atoms with Crippen molar-refractivity contribution in [1.29, 1.82) is 0 Å². The summed E-state index contributed by atoms with van der Waals surface area (Å²) in [5, 5.41) is 0. The van der Waals surface area contributed by atoms with Crippen molar-refractivity contribution in [3.8, 4) is 0 Å². The second-order valence-corrected chi connectivity index (χ2v) is 7.72. The molecule has 22 heavy (non-hydrogen) atoms. The van der Waals surface area contributed by atoms with Crippen LogP contribution in [0.3, 0.4) is 0 Å². The Morgan fingerprint density at radius 1 is 1.23 bits per heavy atom. The van der Waals surface area contributed by atoms with E-state index >= 15 is 0 Å². The van der Waals surface area contributed by atoms with Crippen molar-refractivity contribution in [2.24, 2.45) is 0 Å². The second kappa shape index (κ2) is 7.74. The molecule has 0 spiro atoms. The van der Waals surface area contributed by atoms with Gasteiger partial charge in [0.1, 0.15) is 0 Å². The molecule has 124 valence electrons. The van der Waals surface area contributed by atoms with E-state index in [1.807, 2.05) is 13.8 Å². The van der Waals surface area contributed by atoms with Gasteiger partial charge in [0, 0.05) is 32.2 Å². The number of carbonyl (C=O) groups excluding carboxylic acids is 1. The Bertz CT molecular complexity index is 612. The van der Waals surface area contributed by atoms with Crippen molar-refractivity contribution in [2.45, 2.75) is 44.6 Å². The van der Waals surface area contributed by atoms with Crippen LogP contribution in [0.2, 0.25) is 0 Å². The van der Waals surface area contributed by atoms with Gasteiger partial charge in [-0.2, -0.15) is 4.31 Å². The third-order valence-corrected chi connectivity index (χ3v) is 5.71. The van der Waals surface area contributed by atoms with Crippen molar-refractivity contribution in [2.75, 3.05) is 20.6 Å². The van der Waals surface area contributed by atoms with E-state index in [0.717, 1.165) is 12.8 Å². The molecule has 0 radical (unpaired) electrons. The van der Waals surface area contributed by atoms with E-state index in [2.05, 4.69) is 6.92 Å². The largest absolute Gasteiger partial charge is 0.342 e. The maximum absolute atomic E-state index is 12.5. The highest BCUT2D eigenvalue weighted by Crippen LogP contribution is 2.18. The first-order valence-corrected chi connectivity index (χ1v) is 8.99. The molecule has 1 aromatic rings. The van der Waals surface area contributed by atoms with E-state index in [0.29, 0.717) is 12.1 Å². The van der Waals surface area contributed by atoms with E-state index in [9.17, 15) is 13.2 Å². The van der Waals surface area contributed by atoms with Gasteiger partial charge in [-0.25, -0.2) is 8.42 Å². The molecule has 0 bridgehead atoms. The molecular weight excluding hydrogens is 300 g/mol. The lowest BCUT2D eigenvalue weighted by atomic mass is 10.2. The first-order valence-electron chi connectivity index (χ1n) is 7.55. The molecule has 6 heteroatoms. The lowest BCUT2D eigenvalue weighted by Crippen LogP contribution is -2.33. The Hall–Kier alpha value is -1.40. The lowest BCUT2D eigenvalue weighted by Gasteiger charge is -2.22. The number of amides is 1. The van der Waals surface area contributed by atoms with E-state index < -0.39 is 10.0 Å². The molecule has 0 unspecified atom stereocenters. The fraction of sp³-hybridized carbons (Fsp3) is 0.562. The molecule has 0 aliphatic rings. The SMILES string of the molecule is CCCCN(C)C(=O)c1cccc(S(=O)(=O)N(C)C(C)C)c1. The topological polar surface area (TPSA) is 57.7 Å². The highest BCUT2D eigenvalue weighted by Gasteiger charge is 2.24. The van der Waals surface area contributed by atoms with Crippen LogP contribution in [0, 0.1) is 0 Å². The quantitative estimate of drug-likeness (QED) is 0.774. The number of rotatable bonds is 7. The van der Waals surface area contributed by atoms with E-state index in [-0.39, 0.29) is 16.8 Å². The zero-order valence-electron chi connectivity index (χ0n) is 14.0. The zero-order chi connectivity index (χ0) is 16.9. The molecule has 0 fully saturated rings. The van der Waals surface area contributed by atoms with Crippen molar-refractivity contribution in [1.82, 2.24) is 9.21 Å². The number of hydrogen-bond donors (Lipinski definition) is 0. The highest BCUT2D eigenvalue weighted by molar-refractivity contribution is 7.89. The summed E-state index contributed by atoms with van der Waals surface area (Å²) in [5.41, 5.74) is 0.400. The smallest absolute Gasteiger partial charge is 0.253 e. The average molecular weight is 326 g/mol. The van der Waals surface area contributed by atoms with Gasteiger partial charge < -0.3 is 4.90 Å². The summed E-state index contributed by atoms with van der Waals surface area (Å²) in [6.07, 6.45) is 1.93. The first-order chi connectivity index (χ1) is 10.2. The van der Waals surface area contributed by atoms with Gasteiger partial charge in [-0.05, 0) is 38.5 Å². The number of hydrogen-bond acceptors (Lipinski definition) is 3. The Labute approximate surface area is 134 Å². The zero-order valence-corrected chi connectivity index (χ0v) is 14.9. The van der Waals surface area contributed by atoms with Gasteiger partial charge in [0.15, 0.2) is 0 Å². The highest BCUT2D eigenvalue weighted by atomic mass is 32.2. The van der Waals surface area contributed by atoms with E-state index in [4.69, 9.17) is 0 Å². The van der Waals surface area contributed by atoms with Gasteiger partial charge in [0.25, 0.3) is 5.91 Å². The molecule has 0 saturated carbocycles. The fourth-order valence-corrected chi connectivity index (χ4v) is 3.36. The Kier molecular flexibility index (Phi) is 6.56. The van der Waals surface area contributed by atoms with Crippen LogP contribution in [0.25, 0.3) is 0 Å². The summed E-state index contributed by atoms with van der Waals surface area (Å²) in [6.45, 7) is 6.35. The van der Waals surface area contributed by atoms with Crippen LogP contribution in [-0.2, 0) is 10.0 Å². The molecule has 0 aliphatic heterocycles. The van der Waals surface area contributed by atoms with Gasteiger partial charge in [-0.15, -0.1) is 0 Å². The van der Waals surface area contributed by atoms with Gasteiger partial charge >= 0.3 is 0 Å². The van der Waals surface area contributed by atoms with Gasteiger partial charge in [0.2, 0.25) is 10.0 Å². The summed E-state index contributed by atoms with van der Waals surface area (Å²) in [4.78, 5) is 14.1. The summed E-state index contributed by atoms with van der Waals surface area (Å²) >= 11 is 0. The van der Waals surface area contributed by atoms with E-state index in [1.165, 1.54) is 16.4 Å². The first kappa shape index (κ1) is 18.6. The molecular formula is C16H26N2O3S. The van der Waals surface area contributed by atoms with Gasteiger partial charge in [-0.3, -0.25) is 4.79 Å². The Balaban J connectivity index is 3.07. The molecule has 0 aromatic heterocycles. The Morgan fingerprint density at radius 2 is 1.86 bits per heavy atom. The minimum atomic E-state index is -3.57. The van der Waals surface area contributed by atoms with Crippen LogP contribution in [-0.4, -0.2) is 50.2 Å². The van der Waals surface area contributed by atoms with Crippen molar-refractivity contribution < 1.29 is 13.2 Å².